The lowest BCUT2D eigenvalue weighted by Crippen LogP contribution is -2.52. The van der Waals surface area contributed by atoms with Gasteiger partial charge in [0.2, 0.25) is 0 Å². The zero-order valence-electron chi connectivity index (χ0n) is 18.6. The normalized spacial score (nSPS) is 21.9. The van der Waals surface area contributed by atoms with Crippen LogP contribution in [0.25, 0.3) is 0 Å². The maximum atomic E-state index is 13.7. The van der Waals surface area contributed by atoms with Crippen LogP contribution in [0.4, 0.5) is 0 Å². The van der Waals surface area contributed by atoms with E-state index in [0.29, 0.717) is 22.7 Å². The third-order valence-corrected chi connectivity index (χ3v) is 6.80. The van der Waals surface area contributed by atoms with Gasteiger partial charge in [0.15, 0.2) is 0 Å². The van der Waals surface area contributed by atoms with Crippen LogP contribution in [0.5, 0.6) is 0 Å². The summed E-state index contributed by atoms with van der Waals surface area (Å²) in [5.41, 5.74) is 5.74. The van der Waals surface area contributed by atoms with Crippen molar-refractivity contribution < 1.29 is 14.4 Å². The van der Waals surface area contributed by atoms with E-state index in [2.05, 4.69) is 10.8 Å². The molecule has 5 rings (SSSR count). The van der Waals surface area contributed by atoms with Gasteiger partial charge >= 0.3 is 0 Å². The fraction of sp³-hybridized carbons (Fsp3) is 0.259. The van der Waals surface area contributed by atoms with Crippen molar-refractivity contribution in [1.29, 1.82) is 0 Å². The number of hydrogen-bond acceptors (Lipinski definition) is 4. The Bertz CT molecular complexity index is 1160. The molecule has 1 saturated heterocycles. The van der Waals surface area contributed by atoms with Gasteiger partial charge in [-0.3, -0.25) is 14.4 Å². The van der Waals surface area contributed by atoms with Gasteiger partial charge in [-0.15, -0.1) is 0 Å². The number of carbonyl (C=O) groups excluding carboxylic acids is 2. The number of benzene rings is 3. The Morgan fingerprint density at radius 2 is 1.76 bits per heavy atom. The Morgan fingerprint density at radius 1 is 1.03 bits per heavy atom. The molecule has 34 heavy (non-hydrogen) atoms. The molecule has 3 aromatic rings. The zero-order valence-corrected chi connectivity index (χ0v) is 19.4. The SMILES string of the molecule is O=C(NOCc1ccccc1)[C@H]1c2ccccc2C(=O)N([C@@H]2CCNC2)[C@@H]1c1ccc(Cl)cc1. The molecule has 0 saturated carbocycles. The summed E-state index contributed by atoms with van der Waals surface area (Å²) in [5.74, 6) is -0.975. The van der Waals surface area contributed by atoms with E-state index in [4.69, 9.17) is 16.4 Å². The number of fused-ring (bicyclic) bond motifs is 1. The van der Waals surface area contributed by atoms with Gasteiger partial charge in [-0.2, -0.15) is 0 Å². The predicted octanol–water partition coefficient (Wildman–Crippen LogP) is 4.23. The second-order valence-corrected chi connectivity index (χ2v) is 9.10. The molecule has 2 N–H and O–H groups in total. The van der Waals surface area contributed by atoms with Crippen molar-refractivity contribution in [1.82, 2.24) is 15.7 Å². The van der Waals surface area contributed by atoms with Gasteiger partial charge in [0, 0.05) is 23.2 Å². The molecular formula is C27H26ClN3O3. The van der Waals surface area contributed by atoms with Crippen LogP contribution in [0.3, 0.4) is 0 Å². The lowest BCUT2D eigenvalue weighted by atomic mass is 9.78. The first-order valence-corrected chi connectivity index (χ1v) is 11.8. The minimum Gasteiger partial charge on any atom is -0.326 e. The first-order valence-electron chi connectivity index (χ1n) is 11.5. The Kier molecular flexibility index (Phi) is 6.63. The van der Waals surface area contributed by atoms with E-state index >= 15 is 0 Å². The lowest BCUT2D eigenvalue weighted by Gasteiger charge is -2.44. The topological polar surface area (TPSA) is 70.7 Å². The van der Waals surface area contributed by atoms with Gasteiger partial charge in [-0.25, -0.2) is 5.48 Å². The molecule has 2 amide bonds. The Morgan fingerprint density at radius 3 is 2.50 bits per heavy atom. The molecule has 3 aromatic carbocycles. The summed E-state index contributed by atoms with van der Waals surface area (Å²) in [5, 5.41) is 3.96. The standard InChI is InChI=1S/C27H26ClN3O3/c28-20-12-10-19(11-13-20)25-24(26(32)30-34-17-18-6-2-1-3-7-18)22-8-4-5-9-23(22)27(33)31(25)21-14-15-29-16-21/h1-13,21,24-25,29H,14-17H2,(H,30,32)/t21-,24+,25-/m1/s1. The number of amides is 2. The minimum absolute atomic E-state index is 0.0120. The summed E-state index contributed by atoms with van der Waals surface area (Å²) in [6, 6.07) is 23.9. The highest BCUT2D eigenvalue weighted by molar-refractivity contribution is 6.30. The summed E-state index contributed by atoms with van der Waals surface area (Å²) >= 11 is 6.16. The molecule has 0 aliphatic carbocycles. The fourth-order valence-corrected chi connectivity index (χ4v) is 5.08. The van der Waals surface area contributed by atoms with Crippen molar-refractivity contribution in [2.24, 2.45) is 0 Å². The molecule has 174 valence electrons. The third kappa shape index (κ3) is 4.44. The maximum Gasteiger partial charge on any atom is 0.255 e. The first kappa shape index (κ1) is 22.6. The van der Waals surface area contributed by atoms with E-state index in [1.807, 2.05) is 65.6 Å². The van der Waals surface area contributed by atoms with E-state index in [1.165, 1.54) is 0 Å². The summed E-state index contributed by atoms with van der Waals surface area (Å²) in [6.45, 7) is 1.78. The predicted molar refractivity (Wildman–Crippen MR) is 130 cm³/mol. The highest BCUT2D eigenvalue weighted by Crippen LogP contribution is 2.44. The van der Waals surface area contributed by atoms with E-state index in [0.717, 1.165) is 24.1 Å². The molecule has 2 aliphatic heterocycles. The Hall–Kier alpha value is -3.19. The van der Waals surface area contributed by atoms with Gasteiger partial charge in [0.1, 0.15) is 0 Å². The average Bonchev–Trinajstić information content (AvgIpc) is 3.39. The fourth-order valence-electron chi connectivity index (χ4n) is 4.95. The zero-order chi connectivity index (χ0) is 23.5. The average molecular weight is 476 g/mol. The Balaban J connectivity index is 1.52. The van der Waals surface area contributed by atoms with Crippen LogP contribution in [0, 0.1) is 0 Å². The second-order valence-electron chi connectivity index (χ2n) is 8.66. The summed E-state index contributed by atoms with van der Waals surface area (Å²) < 4.78 is 0. The van der Waals surface area contributed by atoms with Crippen LogP contribution >= 0.6 is 11.6 Å². The molecule has 0 radical (unpaired) electrons. The van der Waals surface area contributed by atoms with Crippen LogP contribution < -0.4 is 10.8 Å². The number of hydroxylamine groups is 1. The van der Waals surface area contributed by atoms with Gasteiger partial charge in [-0.05, 0) is 47.9 Å². The largest absolute Gasteiger partial charge is 0.326 e. The summed E-state index contributed by atoms with van der Waals surface area (Å²) in [6.07, 6.45) is 0.830. The molecule has 1 fully saturated rings. The molecule has 0 bridgehead atoms. The van der Waals surface area contributed by atoms with E-state index in [-0.39, 0.29) is 24.5 Å². The lowest BCUT2D eigenvalue weighted by molar-refractivity contribution is -0.138. The minimum atomic E-state index is -0.633. The molecule has 2 heterocycles. The van der Waals surface area contributed by atoms with Crippen molar-refractivity contribution in [3.05, 3.63) is 106 Å². The highest BCUT2D eigenvalue weighted by atomic mass is 35.5. The first-order chi connectivity index (χ1) is 16.6. The van der Waals surface area contributed by atoms with Crippen molar-refractivity contribution in [3.8, 4) is 0 Å². The molecule has 7 heteroatoms. The smallest absolute Gasteiger partial charge is 0.255 e. The number of nitrogens with zero attached hydrogens (tertiary/aromatic N) is 1. The van der Waals surface area contributed by atoms with Crippen LogP contribution in [-0.2, 0) is 16.2 Å². The number of rotatable bonds is 6. The van der Waals surface area contributed by atoms with Gasteiger partial charge in [-0.1, -0.05) is 72.3 Å². The molecule has 2 aliphatic rings. The number of halogens is 1. The van der Waals surface area contributed by atoms with Crippen molar-refractivity contribution in [2.45, 2.75) is 31.0 Å². The van der Waals surface area contributed by atoms with Crippen molar-refractivity contribution in [3.63, 3.8) is 0 Å². The molecule has 0 unspecified atom stereocenters. The van der Waals surface area contributed by atoms with Gasteiger partial charge < -0.3 is 10.2 Å². The van der Waals surface area contributed by atoms with E-state index in [1.54, 1.807) is 18.2 Å². The quantitative estimate of drug-likeness (QED) is 0.523. The highest BCUT2D eigenvalue weighted by Gasteiger charge is 2.47. The third-order valence-electron chi connectivity index (χ3n) is 6.55. The molecule has 0 aromatic heterocycles. The second kappa shape index (κ2) is 9.97. The van der Waals surface area contributed by atoms with Gasteiger partial charge in [0.25, 0.3) is 11.8 Å². The van der Waals surface area contributed by atoms with Crippen LogP contribution in [0.15, 0.2) is 78.9 Å². The van der Waals surface area contributed by atoms with Crippen LogP contribution in [-0.4, -0.2) is 35.8 Å². The summed E-state index contributed by atoms with van der Waals surface area (Å²) in [7, 11) is 0. The number of carbonyl (C=O) groups is 2. The van der Waals surface area contributed by atoms with Crippen LogP contribution in [0.1, 0.15) is 45.4 Å². The van der Waals surface area contributed by atoms with Crippen LogP contribution in [0.2, 0.25) is 5.02 Å². The molecular weight excluding hydrogens is 450 g/mol. The van der Waals surface area contributed by atoms with Gasteiger partial charge in [0.05, 0.1) is 18.6 Å². The Labute approximate surface area is 203 Å². The molecule has 6 nitrogen and oxygen atoms in total. The molecule has 0 spiro atoms. The molecule has 3 atom stereocenters. The van der Waals surface area contributed by atoms with E-state index < -0.39 is 12.0 Å². The maximum absolute atomic E-state index is 13.7. The van der Waals surface area contributed by atoms with E-state index in [9.17, 15) is 9.59 Å². The number of hydrogen-bond donors (Lipinski definition) is 2. The number of nitrogens with one attached hydrogen (secondary N) is 2. The summed E-state index contributed by atoms with van der Waals surface area (Å²) in [4.78, 5) is 34.9. The van der Waals surface area contributed by atoms with Crippen molar-refractivity contribution >= 4 is 23.4 Å². The monoisotopic (exact) mass is 475 g/mol. The van der Waals surface area contributed by atoms with Crippen molar-refractivity contribution in [2.75, 3.05) is 13.1 Å².